The molecule has 2 rings (SSSR count). The molecule has 1 aliphatic rings. The molecule has 0 radical (unpaired) electrons. The van der Waals surface area contributed by atoms with Crippen molar-refractivity contribution in [1.82, 2.24) is 0 Å². The first-order valence-electron chi connectivity index (χ1n) is 4.76. The van der Waals surface area contributed by atoms with Crippen LogP contribution in [0.3, 0.4) is 0 Å². The van der Waals surface area contributed by atoms with Crippen LogP contribution in [0.4, 0.5) is 8.78 Å². The number of sulfone groups is 1. The maximum absolute atomic E-state index is 12.4. The topological polar surface area (TPSA) is 54.4 Å². The van der Waals surface area contributed by atoms with Crippen LogP contribution in [-0.4, -0.2) is 19.3 Å². The van der Waals surface area contributed by atoms with Gasteiger partial charge in [0.2, 0.25) is 9.84 Å². The summed E-state index contributed by atoms with van der Waals surface area (Å²) < 4.78 is 47.6. The molecule has 1 aromatic carbocycles. The van der Waals surface area contributed by atoms with Crippen LogP contribution in [0.2, 0.25) is 0 Å². The van der Waals surface area contributed by atoms with Crippen LogP contribution in [0.25, 0.3) is 0 Å². The Bertz CT molecular complexity index is 511. The number of fused-ring (bicyclic) bond motifs is 1. The second-order valence-electron chi connectivity index (χ2n) is 3.69. The molecule has 0 fully saturated rings. The van der Waals surface area contributed by atoms with E-state index in [4.69, 9.17) is 0 Å². The van der Waals surface area contributed by atoms with Gasteiger partial charge in [-0.05, 0) is 24.5 Å². The van der Waals surface area contributed by atoms with Crippen molar-refractivity contribution >= 4 is 9.84 Å². The molecular weight excluding hydrogens is 238 g/mol. The Morgan fingerprint density at radius 1 is 1.38 bits per heavy atom. The van der Waals surface area contributed by atoms with E-state index in [1.807, 2.05) is 0 Å². The Morgan fingerprint density at radius 2 is 2.06 bits per heavy atom. The Hall–Kier alpha value is -1.01. The Morgan fingerprint density at radius 3 is 2.69 bits per heavy atom. The summed E-state index contributed by atoms with van der Waals surface area (Å²) in [6, 6.07) is 4.19. The molecule has 0 unspecified atom stereocenters. The molecule has 0 saturated heterocycles. The van der Waals surface area contributed by atoms with E-state index in [-0.39, 0.29) is 5.56 Å². The number of rotatable bonds is 2. The first-order valence-corrected chi connectivity index (χ1v) is 6.31. The van der Waals surface area contributed by atoms with Crippen molar-refractivity contribution in [2.24, 2.45) is 0 Å². The predicted molar refractivity (Wildman–Crippen MR) is 52.9 cm³/mol. The number of alkyl halides is 2. The van der Waals surface area contributed by atoms with E-state index in [1.165, 1.54) is 6.07 Å². The third kappa shape index (κ3) is 1.62. The first-order chi connectivity index (χ1) is 7.44. The molecule has 0 spiro atoms. The van der Waals surface area contributed by atoms with Gasteiger partial charge in [0.1, 0.15) is 0 Å². The molecule has 16 heavy (non-hydrogen) atoms. The molecule has 1 N–H and O–H groups in total. The first kappa shape index (κ1) is 11.5. The zero-order chi connectivity index (χ0) is 11.9. The Labute approximate surface area is 91.6 Å². The van der Waals surface area contributed by atoms with Gasteiger partial charge in [0, 0.05) is 5.56 Å². The lowest BCUT2D eigenvalue weighted by atomic mass is 10.1. The molecule has 88 valence electrons. The highest BCUT2D eigenvalue weighted by Crippen LogP contribution is 2.37. The number of benzene rings is 1. The molecule has 1 aliphatic carbocycles. The number of hydrogen-bond donors (Lipinski definition) is 1. The van der Waals surface area contributed by atoms with Gasteiger partial charge in [0.15, 0.2) is 0 Å². The standard InChI is InChI=1S/C10H10F2O3S/c11-10(12)16(14,15)8-3-1-2-6-4-5-7(13)9(6)8/h1-3,7,10,13H,4-5H2/t7-/m1/s1. The summed E-state index contributed by atoms with van der Waals surface area (Å²) in [6.07, 6.45) is -0.0616. The van der Waals surface area contributed by atoms with E-state index >= 15 is 0 Å². The molecule has 0 aliphatic heterocycles. The van der Waals surface area contributed by atoms with Crippen LogP contribution in [0.15, 0.2) is 23.1 Å². The van der Waals surface area contributed by atoms with Crippen molar-refractivity contribution in [3.63, 3.8) is 0 Å². The minimum atomic E-state index is -4.63. The molecule has 1 aromatic rings. The molecule has 1 atom stereocenters. The smallest absolute Gasteiger partial charge is 0.341 e. The third-order valence-corrected chi connectivity index (χ3v) is 4.16. The van der Waals surface area contributed by atoms with Crippen LogP contribution < -0.4 is 0 Å². The summed E-state index contributed by atoms with van der Waals surface area (Å²) in [7, 11) is -4.63. The van der Waals surface area contributed by atoms with Crippen molar-refractivity contribution < 1.29 is 22.3 Å². The van der Waals surface area contributed by atoms with E-state index in [2.05, 4.69) is 0 Å². The average Bonchev–Trinajstić information content (AvgIpc) is 2.60. The molecule has 6 heteroatoms. The fraction of sp³-hybridized carbons (Fsp3) is 0.400. The van der Waals surface area contributed by atoms with Crippen LogP contribution in [0, 0.1) is 0 Å². The van der Waals surface area contributed by atoms with Gasteiger partial charge in [-0.3, -0.25) is 0 Å². The highest BCUT2D eigenvalue weighted by molar-refractivity contribution is 7.91. The minimum Gasteiger partial charge on any atom is -0.388 e. The van der Waals surface area contributed by atoms with Gasteiger partial charge in [0.25, 0.3) is 0 Å². The molecule has 3 nitrogen and oxygen atoms in total. The van der Waals surface area contributed by atoms with Gasteiger partial charge in [-0.15, -0.1) is 0 Å². The van der Waals surface area contributed by atoms with Crippen molar-refractivity contribution in [2.75, 3.05) is 0 Å². The molecule has 0 saturated carbocycles. The molecule has 0 amide bonds. The fourth-order valence-electron chi connectivity index (χ4n) is 1.97. The van der Waals surface area contributed by atoms with Crippen LogP contribution >= 0.6 is 0 Å². The van der Waals surface area contributed by atoms with Gasteiger partial charge in [-0.2, -0.15) is 8.78 Å². The quantitative estimate of drug-likeness (QED) is 0.866. The lowest BCUT2D eigenvalue weighted by Crippen LogP contribution is -2.14. The maximum Gasteiger partial charge on any atom is 0.341 e. The van der Waals surface area contributed by atoms with Crippen molar-refractivity contribution in [3.05, 3.63) is 29.3 Å². The van der Waals surface area contributed by atoms with Crippen LogP contribution in [0.1, 0.15) is 23.7 Å². The Balaban J connectivity index is 2.65. The van der Waals surface area contributed by atoms with Gasteiger partial charge in [-0.1, -0.05) is 12.1 Å². The van der Waals surface area contributed by atoms with Gasteiger partial charge < -0.3 is 5.11 Å². The van der Waals surface area contributed by atoms with Gasteiger partial charge in [0.05, 0.1) is 11.0 Å². The van der Waals surface area contributed by atoms with E-state index in [0.29, 0.717) is 18.4 Å². The van der Waals surface area contributed by atoms with Crippen LogP contribution in [0.5, 0.6) is 0 Å². The second kappa shape index (κ2) is 3.78. The maximum atomic E-state index is 12.4. The SMILES string of the molecule is O=S(=O)(c1cccc2c1[C@H](O)CC2)C(F)F. The van der Waals surface area contributed by atoms with E-state index in [9.17, 15) is 22.3 Å². The molecule has 0 heterocycles. The summed E-state index contributed by atoms with van der Waals surface area (Å²) >= 11 is 0. The van der Waals surface area contributed by atoms with Crippen LogP contribution in [-0.2, 0) is 16.3 Å². The normalized spacial score (nSPS) is 20.1. The minimum absolute atomic E-state index is 0.141. The largest absolute Gasteiger partial charge is 0.388 e. The van der Waals surface area contributed by atoms with Crippen molar-refractivity contribution in [1.29, 1.82) is 0 Å². The molecular formula is C10H10F2O3S. The number of aryl methyl sites for hydroxylation is 1. The summed E-state index contributed by atoms with van der Waals surface area (Å²) in [5, 5.41) is 9.60. The molecule has 0 aromatic heterocycles. The second-order valence-corrected chi connectivity index (χ2v) is 5.58. The Kier molecular flexibility index (Phi) is 2.71. The van der Waals surface area contributed by atoms with Crippen molar-refractivity contribution in [2.45, 2.75) is 29.6 Å². The lowest BCUT2D eigenvalue weighted by molar-refractivity contribution is 0.176. The van der Waals surface area contributed by atoms with E-state index < -0.39 is 26.6 Å². The number of aliphatic hydroxyl groups is 1. The zero-order valence-corrected chi connectivity index (χ0v) is 9.05. The highest BCUT2D eigenvalue weighted by Gasteiger charge is 2.34. The van der Waals surface area contributed by atoms with Gasteiger partial charge in [-0.25, -0.2) is 8.42 Å². The number of aliphatic hydroxyl groups excluding tert-OH is 1. The lowest BCUT2D eigenvalue weighted by Gasteiger charge is -2.11. The molecule has 0 bridgehead atoms. The summed E-state index contributed by atoms with van der Waals surface area (Å²) in [6.45, 7) is 0. The number of hydrogen-bond acceptors (Lipinski definition) is 3. The van der Waals surface area contributed by atoms with E-state index in [1.54, 1.807) is 6.07 Å². The zero-order valence-electron chi connectivity index (χ0n) is 8.23. The fourth-order valence-corrected chi connectivity index (χ4v) is 3.00. The summed E-state index contributed by atoms with van der Waals surface area (Å²) in [5.41, 5.74) is 0.775. The monoisotopic (exact) mass is 248 g/mol. The van der Waals surface area contributed by atoms with Gasteiger partial charge >= 0.3 is 5.76 Å². The summed E-state index contributed by atoms with van der Waals surface area (Å²) in [4.78, 5) is -0.440. The van der Waals surface area contributed by atoms with E-state index in [0.717, 1.165) is 6.07 Å². The predicted octanol–water partition coefficient (Wildman–Crippen LogP) is 1.66. The summed E-state index contributed by atoms with van der Waals surface area (Å²) in [5.74, 6) is -3.45. The average molecular weight is 248 g/mol. The highest BCUT2D eigenvalue weighted by atomic mass is 32.2. The number of halogens is 2. The third-order valence-electron chi connectivity index (χ3n) is 2.72. The van der Waals surface area contributed by atoms with Crippen molar-refractivity contribution in [3.8, 4) is 0 Å².